The van der Waals surface area contributed by atoms with Gasteiger partial charge in [-0.15, -0.1) is 0 Å². The second kappa shape index (κ2) is 3.05. The van der Waals surface area contributed by atoms with Crippen molar-refractivity contribution in [2.75, 3.05) is 0 Å². The molecule has 0 atom stereocenters. The summed E-state index contributed by atoms with van der Waals surface area (Å²) >= 11 is 0. The van der Waals surface area contributed by atoms with Gasteiger partial charge in [-0.05, 0) is 37.3 Å². The molecule has 1 aromatic rings. The summed E-state index contributed by atoms with van der Waals surface area (Å²) in [6, 6.07) is 3.75. The maximum atomic E-state index is 10.3. The molecule has 1 radical (unpaired) electrons. The molecule has 0 bridgehead atoms. The summed E-state index contributed by atoms with van der Waals surface area (Å²) in [6.07, 6.45) is 6.39. The zero-order valence-corrected chi connectivity index (χ0v) is 6.84. The minimum atomic E-state index is 0.440. The first-order valence-corrected chi connectivity index (χ1v) is 4.27. The van der Waals surface area contributed by atoms with Crippen LogP contribution in [0.25, 0.3) is 0 Å². The fourth-order valence-electron chi connectivity index (χ4n) is 1.64. The monoisotopic (exact) mass is 160 g/mol. The number of hydrogen-bond acceptors (Lipinski definition) is 2. The highest BCUT2D eigenvalue weighted by Crippen LogP contribution is 2.18. The lowest BCUT2D eigenvalue weighted by molar-refractivity contribution is 0.560. The first-order valence-electron chi connectivity index (χ1n) is 4.27. The van der Waals surface area contributed by atoms with Gasteiger partial charge in [0, 0.05) is 5.69 Å². The largest absolute Gasteiger partial charge is 0.283 e. The van der Waals surface area contributed by atoms with Crippen LogP contribution in [0.4, 0.5) is 0 Å². The zero-order valence-electron chi connectivity index (χ0n) is 6.84. The molecule has 0 fully saturated rings. The highest BCUT2D eigenvalue weighted by Gasteiger charge is 2.10. The average Bonchev–Trinajstić information content (AvgIpc) is 2.17. The number of carbonyl (C=O) groups excluding carboxylic acids is 1. The molecule has 0 saturated carbocycles. The highest BCUT2D eigenvalue weighted by atomic mass is 16.1. The molecule has 12 heavy (non-hydrogen) atoms. The minimum Gasteiger partial charge on any atom is -0.283 e. The van der Waals surface area contributed by atoms with Gasteiger partial charge in [-0.1, -0.05) is 6.07 Å². The van der Waals surface area contributed by atoms with E-state index in [9.17, 15) is 4.79 Å². The van der Waals surface area contributed by atoms with Crippen LogP contribution in [0, 0.1) is 0 Å². The lowest BCUT2D eigenvalue weighted by Gasteiger charge is -2.13. The second-order valence-electron chi connectivity index (χ2n) is 3.11. The van der Waals surface area contributed by atoms with Crippen LogP contribution in [-0.4, -0.2) is 11.3 Å². The summed E-state index contributed by atoms with van der Waals surface area (Å²) in [5, 5.41) is 0. The molecule has 1 heterocycles. The van der Waals surface area contributed by atoms with E-state index in [2.05, 4.69) is 4.98 Å². The van der Waals surface area contributed by atoms with Gasteiger partial charge in [0.05, 0.1) is 0 Å². The Labute approximate surface area is 71.6 Å². The van der Waals surface area contributed by atoms with E-state index in [1.807, 2.05) is 12.4 Å². The average molecular weight is 160 g/mol. The summed E-state index contributed by atoms with van der Waals surface area (Å²) in [7, 11) is 0. The Hall–Kier alpha value is -1.18. The number of aromatic nitrogens is 1. The normalized spacial score (nSPS) is 15.3. The van der Waals surface area contributed by atoms with Crippen molar-refractivity contribution in [3.8, 4) is 0 Å². The van der Waals surface area contributed by atoms with E-state index in [1.54, 1.807) is 6.07 Å². The number of fused-ring (bicyclic) bond motifs is 1. The van der Waals surface area contributed by atoms with Gasteiger partial charge >= 0.3 is 0 Å². The fourth-order valence-corrected chi connectivity index (χ4v) is 1.64. The molecule has 0 saturated heterocycles. The lowest BCUT2D eigenvalue weighted by atomic mass is 9.96. The van der Waals surface area contributed by atoms with Gasteiger partial charge in [0.15, 0.2) is 0 Å². The number of rotatable bonds is 1. The molecule has 0 N–H and O–H groups in total. The van der Waals surface area contributed by atoms with E-state index in [1.165, 1.54) is 18.4 Å². The van der Waals surface area contributed by atoms with Gasteiger partial charge in [0.25, 0.3) is 6.29 Å². The van der Waals surface area contributed by atoms with Crippen molar-refractivity contribution in [2.45, 2.75) is 25.7 Å². The summed E-state index contributed by atoms with van der Waals surface area (Å²) in [4.78, 5) is 14.5. The van der Waals surface area contributed by atoms with Crippen molar-refractivity contribution in [3.05, 3.63) is 29.1 Å². The van der Waals surface area contributed by atoms with Crippen molar-refractivity contribution in [1.82, 2.24) is 4.98 Å². The molecule has 1 aliphatic carbocycles. The van der Waals surface area contributed by atoms with E-state index in [0.29, 0.717) is 5.69 Å². The van der Waals surface area contributed by atoms with E-state index < -0.39 is 0 Å². The highest BCUT2D eigenvalue weighted by molar-refractivity contribution is 5.72. The predicted molar refractivity (Wildman–Crippen MR) is 45.7 cm³/mol. The van der Waals surface area contributed by atoms with E-state index in [0.717, 1.165) is 18.5 Å². The third-order valence-corrected chi connectivity index (χ3v) is 2.28. The van der Waals surface area contributed by atoms with Crippen molar-refractivity contribution < 1.29 is 4.79 Å². The molecule has 0 aliphatic heterocycles. The molecule has 2 nitrogen and oxygen atoms in total. The molecule has 1 aromatic heterocycles. The Morgan fingerprint density at radius 1 is 1.25 bits per heavy atom. The Balaban J connectivity index is 2.42. The molecule has 0 unspecified atom stereocenters. The van der Waals surface area contributed by atoms with Crippen LogP contribution < -0.4 is 0 Å². The molecular weight excluding hydrogens is 150 g/mol. The van der Waals surface area contributed by atoms with Crippen molar-refractivity contribution >= 4 is 6.29 Å². The Morgan fingerprint density at radius 2 is 2.08 bits per heavy atom. The molecule has 0 amide bonds. The number of hydrogen-bond donors (Lipinski definition) is 0. The van der Waals surface area contributed by atoms with Crippen molar-refractivity contribution in [2.24, 2.45) is 0 Å². The number of nitrogens with zero attached hydrogens (tertiary/aromatic N) is 1. The van der Waals surface area contributed by atoms with Crippen LogP contribution in [0.3, 0.4) is 0 Å². The Morgan fingerprint density at radius 3 is 2.92 bits per heavy atom. The van der Waals surface area contributed by atoms with Gasteiger partial charge in [0.1, 0.15) is 5.69 Å². The standard InChI is InChI=1S/C10H10NO/c12-7-9-6-5-8-3-1-2-4-10(8)11-9/h5-6H,1-4H2. The summed E-state index contributed by atoms with van der Waals surface area (Å²) in [6.45, 7) is 0. The second-order valence-corrected chi connectivity index (χ2v) is 3.11. The quantitative estimate of drug-likeness (QED) is 0.621. The van der Waals surface area contributed by atoms with Crippen LogP contribution in [0.15, 0.2) is 12.1 Å². The molecule has 0 aromatic carbocycles. The molecule has 61 valence electrons. The first-order chi connectivity index (χ1) is 5.90. The van der Waals surface area contributed by atoms with E-state index in [4.69, 9.17) is 0 Å². The van der Waals surface area contributed by atoms with E-state index >= 15 is 0 Å². The van der Waals surface area contributed by atoms with Gasteiger partial charge in [-0.25, -0.2) is 4.98 Å². The van der Waals surface area contributed by atoms with Gasteiger partial charge in [-0.3, -0.25) is 4.79 Å². The maximum absolute atomic E-state index is 10.3. The fraction of sp³-hybridized carbons (Fsp3) is 0.400. The lowest BCUT2D eigenvalue weighted by Crippen LogP contribution is -2.06. The van der Waals surface area contributed by atoms with E-state index in [-0.39, 0.29) is 0 Å². The smallest absolute Gasteiger partial charge is 0.253 e. The topological polar surface area (TPSA) is 30.0 Å². The number of aryl methyl sites for hydroxylation is 2. The van der Waals surface area contributed by atoms with Crippen molar-refractivity contribution in [3.63, 3.8) is 0 Å². The SMILES string of the molecule is O=[C]c1ccc2c(n1)CCCC2. The zero-order chi connectivity index (χ0) is 8.39. The molecule has 2 rings (SSSR count). The summed E-state index contributed by atoms with van der Waals surface area (Å²) < 4.78 is 0. The maximum Gasteiger partial charge on any atom is 0.253 e. The van der Waals surface area contributed by atoms with Crippen LogP contribution in [0.5, 0.6) is 0 Å². The van der Waals surface area contributed by atoms with Crippen LogP contribution >= 0.6 is 0 Å². The van der Waals surface area contributed by atoms with Gasteiger partial charge in [-0.2, -0.15) is 0 Å². The Bertz CT molecular complexity index is 307. The first kappa shape index (κ1) is 7.47. The molecular formula is C10H10NO. The van der Waals surface area contributed by atoms with Crippen molar-refractivity contribution in [1.29, 1.82) is 0 Å². The van der Waals surface area contributed by atoms with Crippen LogP contribution in [0.1, 0.15) is 29.8 Å². The molecule has 0 spiro atoms. The number of pyridine rings is 1. The summed E-state index contributed by atoms with van der Waals surface area (Å²) in [5.74, 6) is 0. The Kier molecular flexibility index (Phi) is 1.90. The van der Waals surface area contributed by atoms with Crippen LogP contribution in [-0.2, 0) is 17.6 Å². The predicted octanol–water partition coefficient (Wildman–Crippen LogP) is 1.42. The van der Waals surface area contributed by atoms with Crippen LogP contribution in [0.2, 0.25) is 0 Å². The molecule has 1 aliphatic rings. The summed E-state index contributed by atoms with van der Waals surface area (Å²) in [5.41, 5.74) is 2.85. The van der Waals surface area contributed by atoms with Gasteiger partial charge in [0.2, 0.25) is 0 Å². The minimum absolute atomic E-state index is 0.440. The van der Waals surface area contributed by atoms with Gasteiger partial charge < -0.3 is 0 Å². The third kappa shape index (κ3) is 1.24. The molecule has 2 heteroatoms. The third-order valence-electron chi connectivity index (χ3n) is 2.28.